The van der Waals surface area contributed by atoms with Gasteiger partial charge in [0.1, 0.15) is 6.04 Å². The van der Waals surface area contributed by atoms with E-state index in [0.717, 1.165) is 11.1 Å². The van der Waals surface area contributed by atoms with Gasteiger partial charge in [-0.3, -0.25) is 4.79 Å². The van der Waals surface area contributed by atoms with E-state index in [9.17, 15) is 14.7 Å². The molecule has 0 fully saturated rings. The maximum absolute atomic E-state index is 13.5. The van der Waals surface area contributed by atoms with Crippen LogP contribution in [0.25, 0.3) is 0 Å². The zero-order valence-corrected chi connectivity index (χ0v) is 23.6. The van der Waals surface area contributed by atoms with Gasteiger partial charge in [-0.1, -0.05) is 74.5 Å². The molecule has 7 N–H and O–H groups in total. The minimum atomic E-state index is -0.880. The van der Waals surface area contributed by atoms with E-state index in [1.54, 1.807) is 12.4 Å². The van der Waals surface area contributed by atoms with Crippen LogP contribution in [0.3, 0.4) is 0 Å². The maximum atomic E-state index is 13.5. The van der Waals surface area contributed by atoms with Crippen LogP contribution < -0.4 is 22.1 Å². The molecule has 9 nitrogen and oxygen atoms in total. The lowest BCUT2D eigenvalue weighted by atomic mass is 9.93. The van der Waals surface area contributed by atoms with Gasteiger partial charge in [0.05, 0.1) is 24.4 Å². The van der Waals surface area contributed by atoms with Gasteiger partial charge in [-0.15, -0.1) is 11.3 Å². The average molecular weight is 553 g/mol. The van der Waals surface area contributed by atoms with E-state index in [2.05, 4.69) is 15.6 Å². The van der Waals surface area contributed by atoms with Crippen LogP contribution in [0.1, 0.15) is 37.1 Å². The normalized spacial score (nSPS) is 14.3. The van der Waals surface area contributed by atoms with E-state index in [1.807, 2.05) is 74.5 Å². The highest BCUT2D eigenvalue weighted by Gasteiger charge is 2.30. The zero-order chi connectivity index (χ0) is 28.4. The summed E-state index contributed by atoms with van der Waals surface area (Å²) in [5, 5.41) is 19.3. The Labute approximate surface area is 234 Å². The number of hydrogen-bond acceptors (Lipinski definition) is 7. The molecule has 39 heavy (non-hydrogen) atoms. The number of carbonyl (C=O) groups is 2. The Morgan fingerprint density at radius 2 is 1.59 bits per heavy atom. The van der Waals surface area contributed by atoms with E-state index < -0.39 is 24.2 Å². The van der Waals surface area contributed by atoms with Gasteiger partial charge in [0.25, 0.3) is 0 Å². The third-order valence-electron chi connectivity index (χ3n) is 6.52. The molecular formula is C29H40N6O3S. The zero-order valence-electron chi connectivity index (χ0n) is 22.8. The number of nitrogen functional groups attached to an aromatic ring is 1. The molecule has 0 aliphatic heterocycles. The molecular weight excluding hydrogens is 512 g/mol. The molecule has 0 radical (unpaired) electrons. The summed E-state index contributed by atoms with van der Waals surface area (Å²) in [5.74, 6) is -0.548. The lowest BCUT2D eigenvalue weighted by Crippen LogP contribution is -2.57. The van der Waals surface area contributed by atoms with Crippen molar-refractivity contribution in [1.29, 1.82) is 0 Å². The summed E-state index contributed by atoms with van der Waals surface area (Å²) >= 11 is 1.31. The molecule has 0 saturated carbocycles. The number of hydrogen-bond donors (Lipinski definition) is 5. The van der Waals surface area contributed by atoms with Gasteiger partial charge in [0, 0.05) is 18.5 Å². The Hall–Kier alpha value is -3.47. The standard InChI is InChI=1S/C29H40N6O3S/c1-19(2)26(34-29(38)35(3)17-23-18-39-28(31)32-23)27(37)33-24(15-21-12-8-5-9-13-21)25(36)16-22(30)14-20-10-6-4-7-11-20/h4-13,18-19,22,24-26,36H,14-17,30H2,1-3H3,(H2,31,32)(H,33,37)(H,34,38)/t22-,24-,25-,26-/m0/s1. The van der Waals surface area contributed by atoms with Crippen LogP contribution in [0.2, 0.25) is 0 Å². The molecule has 0 spiro atoms. The lowest BCUT2D eigenvalue weighted by Gasteiger charge is -2.30. The van der Waals surface area contributed by atoms with Crippen LogP contribution >= 0.6 is 11.3 Å². The number of anilines is 1. The molecule has 1 heterocycles. The Balaban J connectivity index is 1.68. The van der Waals surface area contributed by atoms with Crippen LogP contribution in [0, 0.1) is 5.92 Å². The predicted molar refractivity (Wildman–Crippen MR) is 156 cm³/mol. The summed E-state index contributed by atoms with van der Waals surface area (Å²) < 4.78 is 0. The van der Waals surface area contributed by atoms with Crippen LogP contribution in [-0.4, -0.2) is 58.2 Å². The van der Waals surface area contributed by atoms with Crippen LogP contribution in [0.15, 0.2) is 66.0 Å². The van der Waals surface area contributed by atoms with Gasteiger partial charge in [-0.25, -0.2) is 9.78 Å². The van der Waals surface area contributed by atoms with Crippen molar-refractivity contribution in [3.05, 3.63) is 82.9 Å². The summed E-state index contributed by atoms with van der Waals surface area (Å²) in [7, 11) is 1.64. The molecule has 3 amide bonds. The number of aliphatic hydroxyl groups is 1. The molecule has 3 rings (SSSR count). The number of aliphatic hydroxyl groups excluding tert-OH is 1. The Morgan fingerprint density at radius 1 is 1.00 bits per heavy atom. The van der Waals surface area contributed by atoms with E-state index in [1.165, 1.54) is 16.2 Å². The molecule has 3 aromatic rings. The first-order valence-electron chi connectivity index (χ1n) is 13.2. The van der Waals surface area contributed by atoms with Crippen molar-refractivity contribution in [3.8, 4) is 0 Å². The number of nitrogens with two attached hydrogens (primary N) is 2. The van der Waals surface area contributed by atoms with Gasteiger partial charge < -0.3 is 32.1 Å². The minimum absolute atomic E-state index is 0.188. The van der Waals surface area contributed by atoms with Crippen molar-refractivity contribution in [3.63, 3.8) is 0 Å². The Morgan fingerprint density at radius 3 is 2.13 bits per heavy atom. The molecule has 0 aliphatic carbocycles. The van der Waals surface area contributed by atoms with Crippen molar-refractivity contribution in [2.75, 3.05) is 12.8 Å². The van der Waals surface area contributed by atoms with Crippen molar-refractivity contribution in [2.45, 2.75) is 63.9 Å². The maximum Gasteiger partial charge on any atom is 0.318 e. The number of amides is 3. The van der Waals surface area contributed by atoms with Gasteiger partial charge in [-0.2, -0.15) is 0 Å². The van der Waals surface area contributed by atoms with Crippen LogP contribution in [-0.2, 0) is 24.2 Å². The fraction of sp³-hybridized carbons (Fsp3) is 0.414. The quantitative estimate of drug-likeness (QED) is 0.220. The lowest BCUT2D eigenvalue weighted by molar-refractivity contribution is -0.125. The molecule has 210 valence electrons. The molecule has 4 atom stereocenters. The summed E-state index contributed by atoms with van der Waals surface area (Å²) in [6.45, 7) is 3.99. The summed E-state index contributed by atoms with van der Waals surface area (Å²) in [6, 6.07) is 17.5. The molecule has 0 aliphatic rings. The summed E-state index contributed by atoms with van der Waals surface area (Å²) in [4.78, 5) is 32.0. The van der Waals surface area contributed by atoms with Crippen molar-refractivity contribution >= 4 is 28.4 Å². The largest absolute Gasteiger partial charge is 0.391 e. The first-order chi connectivity index (χ1) is 18.6. The highest BCUT2D eigenvalue weighted by Crippen LogP contribution is 2.15. The monoisotopic (exact) mass is 552 g/mol. The third-order valence-corrected chi connectivity index (χ3v) is 7.24. The Kier molecular flexibility index (Phi) is 11.3. The van der Waals surface area contributed by atoms with Gasteiger partial charge in [0.2, 0.25) is 5.91 Å². The summed E-state index contributed by atoms with van der Waals surface area (Å²) in [6.07, 6.45) is 0.473. The van der Waals surface area contributed by atoms with Crippen molar-refractivity contribution < 1.29 is 14.7 Å². The number of nitrogens with zero attached hydrogens (tertiary/aromatic N) is 2. The number of urea groups is 1. The van der Waals surface area contributed by atoms with Gasteiger partial charge >= 0.3 is 6.03 Å². The third kappa shape index (κ3) is 9.65. The smallest absolute Gasteiger partial charge is 0.318 e. The number of carbonyl (C=O) groups excluding carboxylic acids is 2. The number of aromatic nitrogens is 1. The second-order valence-electron chi connectivity index (χ2n) is 10.3. The van der Waals surface area contributed by atoms with Crippen LogP contribution in [0.5, 0.6) is 0 Å². The Bertz CT molecular complexity index is 1170. The molecule has 0 unspecified atom stereocenters. The molecule has 10 heteroatoms. The van der Waals surface area contributed by atoms with E-state index in [-0.39, 0.29) is 24.4 Å². The highest BCUT2D eigenvalue weighted by atomic mass is 32.1. The first-order valence-corrected chi connectivity index (χ1v) is 14.0. The first kappa shape index (κ1) is 30.1. The van der Waals surface area contributed by atoms with E-state index >= 15 is 0 Å². The second-order valence-corrected chi connectivity index (χ2v) is 11.2. The fourth-order valence-corrected chi connectivity index (χ4v) is 4.94. The molecule has 2 aromatic carbocycles. The fourth-order valence-electron chi connectivity index (χ4n) is 4.39. The topological polar surface area (TPSA) is 147 Å². The molecule has 0 bridgehead atoms. The number of nitrogens with one attached hydrogen (secondary N) is 2. The second kappa shape index (κ2) is 14.6. The number of benzene rings is 2. The van der Waals surface area contributed by atoms with E-state index in [4.69, 9.17) is 11.5 Å². The van der Waals surface area contributed by atoms with Gasteiger partial charge in [0.15, 0.2) is 5.13 Å². The SMILES string of the molecule is CC(C)[C@H](NC(=O)N(C)Cc1csc(N)n1)C(=O)N[C@@H](Cc1ccccc1)[C@@H](O)C[C@@H](N)Cc1ccccc1. The number of rotatable bonds is 13. The van der Waals surface area contributed by atoms with Crippen molar-refractivity contribution in [1.82, 2.24) is 20.5 Å². The average Bonchev–Trinajstić information content (AvgIpc) is 3.31. The molecule has 0 saturated heterocycles. The minimum Gasteiger partial charge on any atom is -0.391 e. The van der Waals surface area contributed by atoms with Crippen molar-refractivity contribution in [2.24, 2.45) is 11.7 Å². The predicted octanol–water partition coefficient (Wildman–Crippen LogP) is 2.94. The highest BCUT2D eigenvalue weighted by molar-refractivity contribution is 7.13. The number of thiazole rings is 1. The van der Waals surface area contributed by atoms with E-state index in [0.29, 0.717) is 30.1 Å². The van der Waals surface area contributed by atoms with Gasteiger partial charge in [-0.05, 0) is 36.3 Å². The molecule has 1 aromatic heterocycles. The summed E-state index contributed by atoms with van der Waals surface area (Å²) in [5.41, 5.74) is 14.8. The van der Waals surface area contributed by atoms with Crippen LogP contribution in [0.4, 0.5) is 9.93 Å².